The number of urea groups is 1. The molecule has 0 spiro atoms. The molecule has 0 aliphatic rings. The van der Waals surface area contributed by atoms with E-state index in [-0.39, 0.29) is 5.69 Å². The standard InChI is InChI=1S/C11H11F4N3O2/c12-7-3-1-2-4-8(7)16-5-9(19)18-10(20)17-6-11(13,14)15/h1-4,16H,5-6H2,(H2,17,18,19,20). The van der Waals surface area contributed by atoms with E-state index in [0.717, 1.165) is 6.07 Å². The lowest BCUT2D eigenvalue weighted by Crippen LogP contribution is -2.45. The maximum Gasteiger partial charge on any atom is 0.405 e. The van der Waals surface area contributed by atoms with Crippen LogP contribution in [-0.2, 0) is 4.79 Å². The first kappa shape index (κ1) is 15.7. The van der Waals surface area contributed by atoms with Crippen molar-refractivity contribution in [3.05, 3.63) is 30.1 Å². The normalized spacial score (nSPS) is 10.8. The first-order valence-electron chi connectivity index (χ1n) is 5.41. The summed E-state index contributed by atoms with van der Waals surface area (Å²) in [5.41, 5.74) is 0.0401. The minimum Gasteiger partial charge on any atom is -0.374 e. The van der Waals surface area contributed by atoms with Crippen molar-refractivity contribution in [1.82, 2.24) is 10.6 Å². The summed E-state index contributed by atoms with van der Waals surface area (Å²) in [6.45, 7) is -2.01. The van der Waals surface area contributed by atoms with Crippen molar-refractivity contribution in [3.63, 3.8) is 0 Å². The van der Waals surface area contributed by atoms with Crippen LogP contribution in [0.5, 0.6) is 0 Å². The highest BCUT2D eigenvalue weighted by Crippen LogP contribution is 2.12. The third kappa shape index (κ3) is 6.03. The van der Waals surface area contributed by atoms with Crippen LogP contribution in [0.1, 0.15) is 0 Å². The molecular formula is C11H11F4N3O2. The van der Waals surface area contributed by atoms with E-state index in [1.807, 2.05) is 0 Å². The van der Waals surface area contributed by atoms with Crippen LogP contribution in [0.2, 0.25) is 0 Å². The van der Waals surface area contributed by atoms with Crippen LogP contribution in [0, 0.1) is 5.82 Å². The molecule has 0 saturated heterocycles. The van der Waals surface area contributed by atoms with Gasteiger partial charge >= 0.3 is 12.2 Å². The number of anilines is 1. The highest BCUT2D eigenvalue weighted by molar-refractivity contribution is 5.96. The number of imide groups is 1. The van der Waals surface area contributed by atoms with E-state index in [1.54, 1.807) is 5.32 Å². The quantitative estimate of drug-likeness (QED) is 0.739. The number of rotatable bonds is 4. The van der Waals surface area contributed by atoms with Crippen LogP contribution < -0.4 is 16.0 Å². The van der Waals surface area contributed by atoms with Crippen molar-refractivity contribution in [2.24, 2.45) is 0 Å². The topological polar surface area (TPSA) is 70.2 Å². The van der Waals surface area contributed by atoms with Crippen molar-refractivity contribution in [3.8, 4) is 0 Å². The van der Waals surface area contributed by atoms with Gasteiger partial charge in [-0.1, -0.05) is 12.1 Å². The number of hydrogen-bond acceptors (Lipinski definition) is 3. The zero-order valence-corrected chi connectivity index (χ0v) is 10.1. The molecule has 3 amide bonds. The second-order valence-corrected chi connectivity index (χ2v) is 3.68. The monoisotopic (exact) mass is 293 g/mol. The Morgan fingerprint density at radius 2 is 1.80 bits per heavy atom. The number of nitrogens with one attached hydrogen (secondary N) is 3. The Labute approximate surface area is 111 Å². The molecule has 110 valence electrons. The molecular weight excluding hydrogens is 282 g/mol. The lowest BCUT2D eigenvalue weighted by molar-refractivity contribution is -0.124. The number of alkyl halides is 3. The lowest BCUT2D eigenvalue weighted by atomic mass is 10.3. The van der Waals surface area contributed by atoms with E-state index in [0.29, 0.717) is 0 Å². The molecule has 9 heteroatoms. The van der Waals surface area contributed by atoms with Crippen molar-refractivity contribution < 1.29 is 27.2 Å². The molecule has 0 atom stereocenters. The Hall–Kier alpha value is -2.32. The summed E-state index contributed by atoms with van der Waals surface area (Å²) < 4.78 is 48.5. The van der Waals surface area contributed by atoms with Gasteiger partial charge in [-0.2, -0.15) is 13.2 Å². The number of hydrogen-bond donors (Lipinski definition) is 3. The van der Waals surface area contributed by atoms with E-state index in [4.69, 9.17) is 0 Å². The van der Waals surface area contributed by atoms with Crippen molar-refractivity contribution in [2.45, 2.75) is 6.18 Å². The highest BCUT2D eigenvalue weighted by atomic mass is 19.4. The smallest absolute Gasteiger partial charge is 0.374 e. The molecule has 1 aromatic rings. The summed E-state index contributed by atoms with van der Waals surface area (Å²) in [5, 5.41) is 5.53. The van der Waals surface area contributed by atoms with Gasteiger partial charge in [0.15, 0.2) is 0 Å². The van der Waals surface area contributed by atoms with E-state index in [1.165, 1.54) is 23.5 Å². The molecule has 0 aliphatic heterocycles. The van der Waals surface area contributed by atoms with Gasteiger partial charge in [0, 0.05) is 0 Å². The summed E-state index contributed by atoms with van der Waals surface area (Å²) in [6, 6.07) is 4.23. The van der Waals surface area contributed by atoms with Crippen LogP contribution in [0.15, 0.2) is 24.3 Å². The summed E-state index contributed by atoms with van der Waals surface area (Å²) in [4.78, 5) is 22.2. The van der Waals surface area contributed by atoms with Gasteiger partial charge in [-0.25, -0.2) is 9.18 Å². The number of halogens is 4. The van der Waals surface area contributed by atoms with Crippen LogP contribution in [0.3, 0.4) is 0 Å². The third-order valence-electron chi connectivity index (χ3n) is 2.02. The molecule has 0 heterocycles. The molecule has 0 radical (unpaired) electrons. The van der Waals surface area contributed by atoms with Crippen LogP contribution in [-0.4, -0.2) is 31.2 Å². The Balaban J connectivity index is 2.34. The summed E-state index contributed by atoms with van der Waals surface area (Å²) in [6.07, 6.45) is -4.56. The van der Waals surface area contributed by atoms with Gasteiger partial charge in [0.1, 0.15) is 12.4 Å². The van der Waals surface area contributed by atoms with E-state index in [9.17, 15) is 27.2 Å². The van der Waals surface area contributed by atoms with Crippen LogP contribution >= 0.6 is 0 Å². The fourth-order valence-electron chi connectivity index (χ4n) is 1.18. The average Bonchev–Trinajstić information content (AvgIpc) is 2.35. The summed E-state index contributed by atoms with van der Waals surface area (Å²) in [7, 11) is 0. The molecule has 0 aliphatic carbocycles. The van der Waals surface area contributed by atoms with Gasteiger partial charge in [0.25, 0.3) is 0 Å². The Kier molecular flexibility index (Phi) is 5.30. The number of benzene rings is 1. The number of carbonyl (C=O) groups excluding carboxylic acids is 2. The molecule has 1 aromatic carbocycles. The Morgan fingerprint density at radius 1 is 1.15 bits per heavy atom. The van der Waals surface area contributed by atoms with Gasteiger partial charge in [-0.05, 0) is 12.1 Å². The highest BCUT2D eigenvalue weighted by Gasteiger charge is 2.27. The lowest BCUT2D eigenvalue weighted by Gasteiger charge is -2.10. The molecule has 0 unspecified atom stereocenters. The van der Waals surface area contributed by atoms with Gasteiger partial charge < -0.3 is 10.6 Å². The number of para-hydroxylation sites is 1. The van der Waals surface area contributed by atoms with Crippen molar-refractivity contribution in [1.29, 1.82) is 0 Å². The van der Waals surface area contributed by atoms with Gasteiger partial charge in [0.2, 0.25) is 5.91 Å². The first-order chi connectivity index (χ1) is 9.28. The SMILES string of the molecule is O=C(CNc1ccccc1F)NC(=O)NCC(F)(F)F. The second kappa shape index (κ2) is 6.73. The van der Waals surface area contributed by atoms with Gasteiger partial charge in [-0.15, -0.1) is 0 Å². The predicted octanol–water partition coefficient (Wildman–Crippen LogP) is 1.63. The second-order valence-electron chi connectivity index (χ2n) is 3.68. The molecule has 0 saturated carbocycles. The largest absolute Gasteiger partial charge is 0.405 e. The van der Waals surface area contributed by atoms with Gasteiger partial charge in [0.05, 0.1) is 12.2 Å². The molecule has 0 bridgehead atoms. The molecule has 0 fully saturated rings. The first-order valence-corrected chi connectivity index (χ1v) is 5.41. The maximum atomic E-state index is 13.2. The van der Waals surface area contributed by atoms with Crippen molar-refractivity contribution >= 4 is 17.6 Å². The van der Waals surface area contributed by atoms with E-state index < -0.39 is 37.0 Å². The van der Waals surface area contributed by atoms with Gasteiger partial charge in [-0.3, -0.25) is 10.1 Å². The number of amides is 3. The predicted molar refractivity (Wildman–Crippen MR) is 62.5 cm³/mol. The fraction of sp³-hybridized carbons (Fsp3) is 0.273. The molecule has 5 nitrogen and oxygen atoms in total. The fourth-order valence-corrected chi connectivity index (χ4v) is 1.18. The Bertz CT molecular complexity index is 491. The van der Waals surface area contributed by atoms with Crippen LogP contribution in [0.25, 0.3) is 0 Å². The average molecular weight is 293 g/mol. The molecule has 1 rings (SSSR count). The zero-order valence-electron chi connectivity index (χ0n) is 10.1. The molecule has 3 N–H and O–H groups in total. The molecule has 0 aromatic heterocycles. The molecule has 20 heavy (non-hydrogen) atoms. The van der Waals surface area contributed by atoms with E-state index >= 15 is 0 Å². The zero-order chi connectivity index (χ0) is 15.2. The maximum absolute atomic E-state index is 13.2. The third-order valence-corrected chi connectivity index (χ3v) is 2.02. The minimum absolute atomic E-state index is 0.0401. The summed E-state index contributed by atoms with van der Waals surface area (Å²) >= 11 is 0. The number of carbonyl (C=O) groups is 2. The van der Waals surface area contributed by atoms with Crippen molar-refractivity contribution in [2.75, 3.05) is 18.4 Å². The minimum atomic E-state index is -4.56. The Morgan fingerprint density at radius 3 is 2.40 bits per heavy atom. The van der Waals surface area contributed by atoms with E-state index in [2.05, 4.69) is 5.32 Å². The summed E-state index contributed by atoms with van der Waals surface area (Å²) in [5.74, 6) is -1.49. The van der Waals surface area contributed by atoms with Crippen LogP contribution in [0.4, 0.5) is 28.0 Å².